The van der Waals surface area contributed by atoms with Gasteiger partial charge in [-0.05, 0) is 67.4 Å². The number of carbonyl (C=O) groups is 3. The number of esters is 1. The topological polar surface area (TPSA) is 93.7 Å². The lowest BCUT2D eigenvalue weighted by Crippen LogP contribution is -2.21. The zero-order valence-electron chi connectivity index (χ0n) is 19.0. The minimum atomic E-state index is -0.558. The van der Waals surface area contributed by atoms with E-state index in [1.807, 2.05) is 12.1 Å². The van der Waals surface area contributed by atoms with Gasteiger partial charge in [0.15, 0.2) is 6.61 Å². The van der Waals surface area contributed by atoms with Gasteiger partial charge in [-0.15, -0.1) is 0 Å². The van der Waals surface area contributed by atoms with Gasteiger partial charge in [0.05, 0.1) is 5.02 Å². The number of amides is 2. The zero-order chi connectivity index (χ0) is 25.2. The predicted molar refractivity (Wildman–Crippen MR) is 136 cm³/mol. The summed E-state index contributed by atoms with van der Waals surface area (Å²) in [7, 11) is 0. The van der Waals surface area contributed by atoms with Gasteiger partial charge in [0.1, 0.15) is 11.5 Å². The van der Waals surface area contributed by atoms with Gasteiger partial charge in [-0.25, -0.2) is 0 Å². The molecule has 3 rings (SSSR count). The number of rotatable bonds is 10. The number of halogens is 2. The number of benzene rings is 3. The third-order valence-electron chi connectivity index (χ3n) is 4.89. The van der Waals surface area contributed by atoms with Gasteiger partial charge in [-0.3, -0.25) is 14.4 Å². The molecule has 35 heavy (non-hydrogen) atoms. The third-order valence-corrected chi connectivity index (χ3v) is 5.62. The summed E-state index contributed by atoms with van der Waals surface area (Å²) in [5.74, 6) is -0.157. The van der Waals surface area contributed by atoms with E-state index in [0.717, 1.165) is 5.56 Å². The summed E-state index contributed by atoms with van der Waals surface area (Å²) in [5.41, 5.74) is 1.87. The van der Waals surface area contributed by atoms with Crippen LogP contribution in [0.15, 0.2) is 66.7 Å². The van der Waals surface area contributed by atoms with Crippen molar-refractivity contribution in [1.82, 2.24) is 0 Å². The second kappa shape index (κ2) is 12.8. The van der Waals surface area contributed by atoms with Crippen molar-refractivity contribution in [3.8, 4) is 11.5 Å². The van der Waals surface area contributed by atoms with Crippen molar-refractivity contribution >= 4 is 52.4 Å². The molecule has 9 heteroatoms. The Morgan fingerprint density at radius 2 is 1.51 bits per heavy atom. The lowest BCUT2D eigenvalue weighted by Gasteiger charge is -2.10. The van der Waals surface area contributed by atoms with Crippen LogP contribution >= 0.6 is 23.2 Å². The third kappa shape index (κ3) is 8.31. The number of para-hydroxylation sites is 1. The first-order valence-corrected chi connectivity index (χ1v) is 11.6. The Morgan fingerprint density at radius 3 is 2.26 bits per heavy atom. The first-order valence-electron chi connectivity index (χ1n) is 10.8. The predicted octanol–water partition coefficient (Wildman–Crippen LogP) is 6.38. The van der Waals surface area contributed by atoms with Crippen LogP contribution in [0.5, 0.6) is 11.5 Å². The highest BCUT2D eigenvalue weighted by Gasteiger charge is 2.11. The van der Waals surface area contributed by atoms with Crippen LogP contribution in [0.2, 0.25) is 10.0 Å². The Morgan fingerprint density at radius 1 is 0.800 bits per heavy atom. The van der Waals surface area contributed by atoms with Crippen LogP contribution in [0.25, 0.3) is 0 Å². The van der Waals surface area contributed by atoms with Gasteiger partial charge in [0.2, 0.25) is 5.91 Å². The van der Waals surface area contributed by atoms with Crippen molar-refractivity contribution in [2.24, 2.45) is 0 Å². The number of nitrogens with one attached hydrogen (secondary N) is 2. The minimum Gasteiger partial charge on any atom is -0.456 e. The van der Waals surface area contributed by atoms with Crippen molar-refractivity contribution in [2.75, 3.05) is 17.2 Å². The van der Waals surface area contributed by atoms with Crippen molar-refractivity contribution in [3.63, 3.8) is 0 Å². The molecule has 2 amide bonds. The van der Waals surface area contributed by atoms with Crippen LogP contribution in [0.3, 0.4) is 0 Å². The molecule has 0 saturated carbocycles. The van der Waals surface area contributed by atoms with Gasteiger partial charge < -0.3 is 20.1 Å². The molecule has 3 aromatic carbocycles. The molecular weight excluding hydrogens is 491 g/mol. The molecule has 7 nitrogen and oxygen atoms in total. The maximum absolute atomic E-state index is 12.2. The van der Waals surface area contributed by atoms with Crippen LogP contribution in [0.1, 0.15) is 24.8 Å². The van der Waals surface area contributed by atoms with Crippen LogP contribution in [-0.4, -0.2) is 24.4 Å². The molecular formula is C26H24Cl2N2O5. The number of hydrogen-bond donors (Lipinski definition) is 2. The first-order chi connectivity index (χ1) is 16.8. The highest BCUT2D eigenvalue weighted by molar-refractivity contribution is 6.32. The van der Waals surface area contributed by atoms with Crippen LogP contribution in [0, 0.1) is 6.92 Å². The fraction of sp³-hybridized carbons (Fsp3) is 0.192. The number of carbonyl (C=O) groups excluding carboxylic acids is 3. The Balaban J connectivity index is 1.34. The van der Waals surface area contributed by atoms with Gasteiger partial charge >= 0.3 is 5.97 Å². The Labute approximate surface area is 213 Å². The summed E-state index contributed by atoms with van der Waals surface area (Å²) in [6, 6.07) is 19.1. The Hall–Kier alpha value is -3.55. The van der Waals surface area contributed by atoms with E-state index in [-0.39, 0.29) is 25.2 Å². The van der Waals surface area contributed by atoms with Crippen LogP contribution in [0.4, 0.5) is 11.4 Å². The number of ether oxygens (including phenoxy) is 2. The second-order valence-corrected chi connectivity index (χ2v) is 8.39. The fourth-order valence-electron chi connectivity index (χ4n) is 3.02. The molecule has 0 spiro atoms. The second-order valence-electron chi connectivity index (χ2n) is 7.58. The average Bonchev–Trinajstić information content (AvgIpc) is 2.83. The maximum atomic E-state index is 12.2. The average molecular weight is 515 g/mol. The molecule has 0 unspecified atom stereocenters. The summed E-state index contributed by atoms with van der Waals surface area (Å²) in [4.78, 5) is 36.0. The lowest BCUT2D eigenvalue weighted by atomic mass is 10.2. The van der Waals surface area contributed by atoms with E-state index in [2.05, 4.69) is 10.6 Å². The lowest BCUT2D eigenvalue weighted by molar-refractivity contribution is -0.147. The molecule has 0 aliphatic rings. The monoisotopic (exact) mass is 514 g/mol. The van der Waals surface area contributed by atoms with Crippen molar-refractivity contribution in [3.05, 3.63) is 82.3 Å². The van der Waals surface area contributed by atoms with Gasteiger partial charge in [-0.1, -0.05) is 41.4 Å². The Kier molecular flexibility index (Phi) is 9.52. The Bertz CT molecular complexity index is 1200. The number of anilines is 2. The SMILES string of the molecule is Cc1c(Cl)cccc1NC(=O)COC(=O)CCCC(=O)Nc1ccc(Oc2ccccc2Cl)cc1. The quantitative estimate of drug-likeness (QED) is 0.306. The van der Waals surface area contributed by atoms with E-state index in [0.29, 0.717) is 32.9 Å². The number of hydrogen-bond acceptors (Lipinski definition) is 5. The van der Waals surface area contributed by atoms with Crippen molar-refractivity contribution in [2.45, 2.75) is 26.2 Å². The molecule has 0 atom stereocenters. The van der Waals surface area contributed by atoms with Crippen molar-refractivity contribution in [1.29, 1.82) is 0 Å². The molecule has 0 radical (unpaired) electrons. The largest absolute Gasteiger partial charge is 0.456 e. The van der Waals surface area contributed by atoms with Crippen LogP contribution < -0.4 is 15.4 Å². The van der Waals surface area contributed by atoms with Gasteiger partial charge in [0, 0.05) is 29.2 Å². The molecule has 0 fully saturated rings. The van der Waals surface area contributed by atoms with Crippen LogP contribution in [-0.2, 0) is 19.1 Å². The van der Waals surface area contributed by atoms with E-state index >= 15 is 0 Å². The van der Waals surface area contributed by atoms with E-state index in [9.17, 15) is 14.4 Å². The maximum Gasteiger partial charge on any atom is 0.306 e. The summed E-state index contributed by atoms with van der Waals surface area (Å²) in [6.45, 7) is 1.36. The molecule has 2 N–H and O–H groups in total. The summed E-state index contributed by atoms with van der Waals surface area (Å²) in [6.07, 6.45) is 0.426. The standard InChI is InChI=1S/C26H24Cl2N2O5/c1-17-20(27)7-4-8-22(17)30-25(32)16-34-26(33)11-5-10-24(31)29-18-12-14-19(15-13-18)35-23-9-3-2-6-21(23)28/h2-4,6-9,12-15H,5,10-11,16H2,1H3,(H,29,31)(H,30,32). The van der Waals surface area contributed by atoms with E-state index < -0.39 is 18.5 Å². The summed E-state index contributed by atoms with van der Waals surface area (Å²) in [5, 5.41) is 6.43. The molecule has 3 aromatic rings. The first kappa shape index (κ1) is 26.1. The smallest absolute Gasteiger partial charge is 0.306 e. The highest BCUT2D eigenvalue weighted by Crippen LogP contribution is 2.29. The van der Waals surface area contributed by atoms with Gasteiger partial charge in [-0.2, -0.15) is 0 Å². The highest BCUT2D eigenvalue weighted by atomic mass is 35.5. The molecule has 0 bridgehead atoms. The van der Waals surface area contributed by atoms with E-state index in [1.165, 1.54) is 0 Å². The normalized spacial score (nSPS) is 10.4. The van der Waals surface area contributed by atoms with Crippen molar-refractivity contribution < 1.29 is 23.9 Å². The van der Waals surface area contributed by atoms with E-state index in [1.54, 1.807) is 61.5 Å². The molecule has 0 aliphatic heterocycles. The van der Waals surface area contributed by atoms with Gasteiger partial charge in [0.25, 0.3) is 5.91 Å². The minimum absolute atomic E-state index is 0.0154. The summed E-state index contributed by atoms with van der Waals surface area (Å²) < 4.78 is 10.7. The molecule has 0 heterocycles. The molecule has 0 aliphatic carbocycles. The molecule has 0 aromatic heterocycles. The zero-order valence-corrected chi connectivity index (χ0v) is 20.5. The molecule has 182 valence electrons. The summed E-state index contributed by atoms with van der Waals surface area (Å²) >= 11 is 12.1. The fourth-order valence-corrected chi connectivity index (χ4v) is 3.37. The molecule has 0 saturated heterocycles. The van der Waals surface area contributed by atoms with E-state index in [4.69, 9.17) is 32.7 Å².